The molecule has 0 radical (unpaired) electrons. The van der Waals surface area contributed by atoms with Crippen molar-refractivity contribution in [3.63, 3.8) is 0 Å². The number of carbonyl (C=O) groups is 1. The summed E-state index contributed by atoms with van der Waals surface area (Å²) in [5.41, 5.74) is 1.01. The molecule has 168 valence electrons. The molecule has 3 heterocycles. The Morgan fingerprint density at radius 1 is 1.29 bits per heavy atom. The van der Waals surface area contributed by atoms with Gasteiger partial charge in [0.15, 0.2) is 0 Å². The smallest absolute Gasteiger partial charge is 0.222 e. The van der Waals surface area contributed by atoms with Crippen LogP contribution in [0.4, 0.5) is 0 Å². The lowest BCUT2D eigenvalue weighted by Gasteiger charge is -2.44. The van der Waals surface area contributed by atoms with Crippen LogP contribution in [0.25, 0.3) is 0 Å². The van der Waals surface area contributed by atoms with Gasteiger partial charge in [0.05, 0.1) is 44.5 Å². The van der Waals surface area contributed by atoms with Crippen LogP contribution in [0.1, 0.15) is 29.8 Å². The third-order valence-electron chi connectivity index (χ3n) is 5.73. The number of hydrogen-bond donors (Lipinski definition) is 2. The Morgan fingerprint density at radius 2 is 2.13 bits per heavy atom. The third-order valence-corrected chi connectivity index (χ3v) is 6.74. The van der Waals surface area contributed by atoms with Crippen molar-refractivity contribution in [1.82, 2.24) is 15.2 Å². The molecule has 1 aromatic heterocycles. The third kappa shape index (κ3) is 6.47. The maximum Gasteiger partial charge on any atom is 0.222 e. The molecule has 0 unspecified atom stereocenters. The van der Waals surface area contributed by atoms with Gasteiger partial charge in [0, 0.05) is 35.7 Å². The molecular weight excluding hydrogens is 438 g/mol. The van der Waals surface area contributed by atoms with E-state index in [-0.39, 0.29) is 30.8 Å². The minimum atomic E-state index is -0.530. The van der Waals surface area contributed by atoms with Crippen LogP contribution in [0.5, 0.6) is 0 Å². The summed E-state index contributed by atoms with van der Waals surface area (Å²) in [7, 11) is 0. The van der Waals surface area contributed by atoms with E-state index >= 15 is 0 Å². The van der Waals surface area contributed by atoms with Crippen LogP contribution in [-0.4, -0.2) is 65.0 Å². The van der Waals surface area contributed by atoms with Gasteiger partial charge in [-0.25, -0.2) is 4.98 Å². The highest BCUT2D eigenvalue weighted by molar-refractivity contribution is 7.09. The van der Waals surface area contributed by atoms with Crippen molar-refractivity contribution in [2.75, 3.05) is 19.8 Å². The standard InChI is InChI=1S/C22H28ClN3O4S/c23-16-3-1-15(2-4-16)10-25-21(28)9-18-5-6-19-20(30-18)14-29-13-17(27)11-26(19)12-22-24-7-8-31-22/h1-4,7-8,17-20,27H,5-6,9-14H2,(H,25,28)/t17-,18+,19+,20-/m0/s1. The summed E-state index contributed by atoms with van der Waals surface area (Å²) >= 11 is 7.52. The first-order valence-corrected chi connectivity index (χ1v) is 11.9. The summed E-state index contributed by atoms with van der Waals surface area (Å²) in [5.74, 6) is -0.0276. The van der Waals surface area contributed by atoms with Gasteiger partial charge >= 0.3 is 0 Å². The molecule has 1 aromatic carbocycles. The summed E-state index contributed by atoms with van der Waals surface area (Å²) in [6, 6.07) is 7.57. The number of fused-ring (bicyclic) bond motifs is 1. The summed E-state index contributed by atoms with van der Waals surface area (Å²) in [6.45, 7) is 2.38. The van der Waals surface area contributed by atoms with E-state index in [9.17, 15) is 9.90 Å². The van der Waals surface area contributed by atoms with E-state index in [0.717, 1.165) is 23.4 Å². The number of benzene rings is 1. The number of aliphatic hydroxyl groups excluding tert-OH is 1. The number of aromatic nitrogens is 1. The second-order valence-corrected chi connectivity index (χ2v) is 9.51. The van der Waals surface area contributed by atoms with Gasteiger partial charge in [0.1, 0.15) is 5.01 Å². The topological polar surface area (TPSA) is 83.9 Å². The van der Waals surface area contributed by atoms with E-state index in [1.807, 2.05) is 29.6 Å². The molecule has 4 rings (SSSR count). The summed E-state index contributed by atoms with van der Waals surface area (Å²) in [5, 5.41) is 16.9. The number of thiazole rings is 1. The molecular formula is C22H28ClN3O4S. The van der Waals surface area contributed by atoms with Crippen LogP contribution >= 0.6 is 22.9 Å². The molecule has 2 N–H and O–H groups in total. The molecule has 31 heavy (non-hydrogen) atoms. The lowest BCUT2D eigenvalue weighted by molar-refractivity contribution is -0.158. The maximum atomic E-state index is 12.5. The van der Waals surface area contributed by atoms with E-state index in [0.29, 0.717) is 37.7 Å². The highest BCUT2D eigenvalue weighted by Gasteiger charge is 2.38. The van der Waals surface area contributed by atoms with Gasteiger partial charge < -0.3 is 19.9 Å². The zero-order valence-corrected chi connectivity index (χ0v) is 18.9. The first-order valence-electron chi connectivity index (χ1n) is 10.6. The van der Waals surface area contributed by atoms with E-state index in [1.165, 1.54) is 0 Å². The first-order chi connectivity index (χ1) is 15.1. The number of β-amino-alcohol motifs (C(OH)–C–C–N with tert-alkyl or cyclic N) is 1. The van der Waals surface area contributed by atoms with Gasteiger partial charge in [-0.05, 0) is 30.5 Å². The fraction of sp³-hybridized carbons (Fsp3) is 0.545. The second kappa shape index (κ2) is 10.8. The Kier molecular flexibility index (Phi) is 7.92. The predicted molar refractivity (Wildman–Crippen MR) is 119 cm³/mol. The fourth-order valence-corrected chi connectivity index (χ4v) is 4.98. The van der Waals surface area contributed by atoms with Crippen LogP contribution in [0.2, 0.25) is 5.02 Å². The van der Waals surface area contributed by atoms with E-state index in [1.54, 1.807) is 17.5 Å². The summed E-state index contributed by atoms with van der Waals surface area (Å²) < 4.78 is 12.0. The van der Waals surface area contributed by atoms with Crippen molar-refractivity contribution in [2.24, 2.45) is 0 Å². The quantitative estimate of drug-likeness (QED) is 0.682. The fourth-order valence-electron chi connectivity index (χ4n) is 4.21. The zero-order chi connectivity index (χ0) is 21.6. The number of halogens is 1. The Morgan fingerprint density at radius 3 is 2.90 bits per heavy atom. The number of ether oxygens (including phenoxy) is 2. The van der Waals surface area contributed by atoms with Crippen LogP contribution < -0.4 is 5.32 Å². The van der Waals surface area contributed by atoms with Crippen molar-refractivity contribution in [1.29, 1.82) is 0 Å². The summed E-state index contributed by atoms with van der Waals surface area (Å²) in [4.78, 5) is 19.1. The van der Waals surface area contributed by atoms with Gasteiger partial charge in [-0.2, -0.15) is 0 Å². The highest BCUT2D eigenvalue weighted by atomic mass is 35.5. The second-order valence-electron chi connectivity index (χ2n) is 8.10. The molecule has 2 aliphatic rings. The number of aliphatic hydroxyl groups is 1. The number of hydrogen-bond acceptors (Lipinski definition) is 7. The van der Waals surface area contributed by atoms with Crippen molar-refractivity contribution >= 4 is 28.8 Å². The minimum absolute atomic E-state index is 0.0276. The van der Waals surface area contributed by atoms with Crippen LogP contribution in [-0.2, 0) is 27.4 Å². The lowest BCUT2D eigenvalue weighted by atomic mass is 9.94. The minimum Gasteiger partial charge on any atom is -0.389 e. The average Bonchev–Trinajstić information content (AvgIpc) is 3.25. The predicted octanol–water partition coefficient (Wildman–Crippen LogP) is 2.61. The molecule has 1 amide bonds. The molecule has 0 bridgehead atoms. The van der Waals surface area contributed by atoms with Crippen molar-refractivity contribution < 1.29 is 19.4 Å². The normalized spacial score (nSPS) is 27.2. The SMILES string of the molecule is O=C(C[C@H]1CC[C@@H]2[C@H](COC[C@@H](O)CN2Cc2nccs2)O1)NCc1ccc(Cl)cc1. The first kappa shape index (κ1) is 22.6. The van der Waals surface area contributed by atoms with Crippen LogP contribution in [0.3, 0.4) is 0 Å². The zero-order valence-electron chi connectivity index (χ0n) is 17.3. The van der Waals surface area contributed by atoms with Gasteiger partial charge in [-0.3, -0.25) is 9.69 Å². The average molecular weight is 466 g/mol. The maximum absolute atomic E-state index is 12.5. The molecule has 0 aliphatic carbocycles. The number of carbonyl (C=O) groups excluding carboxylic acids is 1. The molecule has 4 atom stereocenters. The molecule has 2 saturated heterocycles. The molecule has 7 nitrogen and oxygen atoms in total. The Labute approximate surface area is 191 Å². The molecule has 9 heteroatoms. The van der Waals surface area contributed by atoms with Gasteiger partial charge in [-0.15, -0.1) is 11.3 Å². The van der Waals surface area contributed by atoms with Crippen molar-refractivity contribution in [3.8, 4) is 0 Å². The van der Waals surface area contributed by atoms with Gasteiger partial charge in [0.2, 0.25) is 5.91 Å². The Hall–Kier alpha value is -1.55. The molecule has 2 aliphatic heterocycles. The Balaban J connectivity index is 1.31. The molecule has 0 saturated carbocycles. The van der Waals surface area contributed by atoms with Crippen LogP contribution in [0.15, 0.2) is 35.8 Å². The van der Waals surface area contributed by atoms with E-state index in [2.05, 4.69) is 15.2 Å². The summed E-state index contributed by atoms with van der Waals surface area (Å²) in [6.07, 6.45) is 3.01. The molecule has 0 spiro atoms. The largest absolute Gasteiger partial charge is 0.389 e. The molecule has 2 aromatic rings. The Bertz CT molecular complexity index is 836. The van der Waals surface area contributed by atoms with Gasteiger partial charge in [-0.1, -0.05) is 23.7 Å². The van der Waals surface area contributed by atoms with E-state index < -0.39 is 6.10 Å². The van der Waals surface area contributed by atoms with Crippen molar-refractivity contribution in [2.45, 2.75) is 56.7 Å². The number of amides is 1. The van der Waals surface area contributed by atoms with Gasteiger partial charge in [0.25, 0.3) is 0 Å². The monoisotopic (exact) mass is 465 g/mol. The molecule has 2 fully saturated rings. The highest BCUT2D eigenvalue weighted by Crippen LogP contribution is 2.29. The number of nitrogens with one attached hydrogen (secondary N) is 1. The van der Waals surface area contributed by atoms with Crippen molar-refractivity contribution in [3.05, 3.63) is 51.4 Å². The lowest BCUT2D eigenvalue weighted by Crippen LogP contribution is -2.55. The van der Waals surface area contributed by atoms with E-state index in [4.69, 9.17) is 21.1 Å². The number of nitrogens with zero attached hydrogens (tertiary/aromatic N) is 2. The van der Waals surface area contributed by atoms with Crippen LogP contribution in [0, 0.1) is 0 Å². The number of rotatable bonds is 6.